The molecule has 0 saturated carbocycles. The molecule has 2 N–H and O–H groups in total. The van der Waals surface area contributed by atoms with Gasteiger partial charge in [0, 0.05) is 20.1 Å². The lowest BCUT2D eigenvalue weighted by molar-refractivity contribution is -0.121. The fraction of sp³-hybridized carbons (Fsp3) is 0.235. The highest BCUT2D eigenvalue weighted by Gasteiger charge is 2.16. The third-order valence-electron chi connectivity index (χ3n) is 3.36. The molecule has 0 unspecified atom stereocenters. The minimum Gasteiger partial charge on any atom is -0.353 e. The Hall–Kier alpha value is -1.90. The molecular weight excluding hydrogens is 442 g/mol. The zero-order chi connectivity index (χ0) is 19.1. The Bertz CT molecular complexity index is 812. The van der Waals surface area contributed by atoms with Crippen molar-refractivity contribution in [2.24, 2.45) is 0 Å². The van der Waals surface area contributed by atoms with Gasteiger partial charge in [-0.2, -0.15) is 0 Å². The molecule has 6 nitrogen and oxygen atoms in total. The minimum atomic E-state index is -0.305. The molecule has 0 radical (unpaired) electrons. The maximum atomic E-state index is 12.2. The van der Waals surface area contributed by atoms with E-state index in [1.54, 1.807) is 43.4 Å². The van der Waals surface area contributed by atoms with Gasteiger partial charge >= 0.3 is 0 Å². The molecule has 0 fully saturated rings. The quantitative estimate of drug-likeness (QED) is 0.626. The monoisotopic (exact) mass is 457 g/mol. The Morgan fingerprint density at radius 3 is 2.46 bits per heavy atom. The van der Waals surface area contributed by atoms with Crippen LogP contribution in [-0.4, -0.2) is 49.3 Å². The second kappa shape index (κ2) is 9.70. The van der Waals surface area contributed by atoms with Crippen molar-refractivity contribution in [3.8, 4) is 0 Å². The highest BCUT2D eigenvalue weighted by molar-refractivity contribution is 9.11. The lowest BCUT2D eigenvalue weighted by Gasteiger charge is -2.16. The van der Waals surface area contributed by atoms with Crippen molar-refractivity contribution in [1.82, 2.24) is 15.5 Å². The predicted molar refractivity (Wildman–Crippen MR) is 106 cm³/mol. The number of likely N-dealkylation sites (N-methyl/N-ethyl adjacent to an activating group) is 1. The topological polar surface area (TPSA) is 78.5 Å². The van der Waals surface area contributed by atoms with Gasteiger partial charge in [-0.05, 0) is 40.2 Å². The van der Waals surface area contributed by atoms with Gasteiger partial charge in [-0.25, -0.2) is 0 Å². The van der Waals surface area contributed by atoms with Crippen LogP contribution in [0.15, 0.2) is 40.2 Å². The summed E-state index contributed by atoms with van der Waals surface area (Å²) in [6.45, 7) is 0.444. The lowest BCUT2D eigenvalue weighted by atomic mass is 10.2. The smallest absolute Gasteiger partial charge is 0.264 e. The SMILES string of the molecule is CN(CC(=O)NCCNC(=O)c1ccccc1Cl)C(=O)c1ccc(Br)s1. The summed E-state index contributed by atoms with van der Waals surface area (Å²) in [6, 6.07) is 10.2. The molecule has 2 rings (SSSR count). The third kappa shape index (κ3) is 5.82. The van der Waals surface area contributed by atoms with Crippen LogP contribution in [0.25, 0.3) is 0 Å². The maximum absolute atomic E-state index is 12.2. The Morgan fingerprint density at radius 2 is 1.81 bits per heavy atom. The van der Waals surface area contributed by atoms with E-state index in [2.05, 4.69) is 26.6 Å². The second-order valence-electron chi connectivity index (χ2n) is 5.35. The van der Waals surface area contributed by atoms with Crippen LogP contribution < -0.4 is 10.6 Å². The molecule has 9 heteroatoms. The molecule has 0 atom stereocenters. The Balaban J connectivity index is 1.71. The van der Waals surface area contributed by atoms with E-state index in [0.717, 1.165) is 3.79 Å². The number of hydrogen-bond acceptors (Lipinski definition) is 4. The van der Waals surface area contributed by atoms with E-state index in [-0.39, 0.29) is 37.4 Å². The summed E-state index contributed by atoms with van der Waals surface area (Å²) < 4.78 is 0.855. The number of halogens is 2. The largest absolute Gasteiger partial charge is 0.353 e. The highest BCUT2D eigenvalue weighted by atomic mass is 79.9. The number of amides is 3. The molecule has 1 heterocycles. The summed E-state index contributed by atoms with van der Waals surface area (Å²) in [5.74, 6) is -0.827. The molecule has 0 aliphatic carbocycles. The molecule has 3 amide bonds. The molecule has 0 aliphatic heterocycles. The predicted octanol–water partition coefficient (Wildman–Crippen LogP) is 2.78. The molecule has 1 aromatic carbocycles. The van der Waals surface area contributed by atoms with Crippen LogP contribution >= 0.6 is 38.9 Å². The average molecular weight is 459 g/mol. The van der Waals surface area contributed by atoms with E-state index in [9.17, 15) is 14.4 Å². The van der Waals surface area contributed by atoms with E-state index in [0.29, 0.717) is 15.5 Å². The molecule has 0 bridgehead atoms. The number of nitrogens with zero attached hydrogens (tertiary/aromatic N) is 1. The second-order valence-corrected chi connectivity index (χ2v) is 8.22. The van der Waals surface area contributed by atoms with E-state index in [1.807, 2.05) is 0 Å². The van der Waals surface area contributed by atoms with Gasteiger partial charge in [-0.1, -0.05) is 23.7 Å². The molecular formula is C17H17BrClN3O3S. The normalized spacial score (nSPS) is 10.3. The van der Waals surface area contributed by atoms with Crippen LogP contribution in [-0.2, 0) is 4.79 Å². The molecule has 138 valence electrons. The number of rotatable bonds is 7. The number of nitrogens with one attached hydrogen (secondary N) is 2. The van der Waals surface area contributed by atoms with Crippen molar-refractivity contribution in [1.29, 1.82) is 0 Å². The minimum absolute atomic E-state index is 0.0627. The van der Waals surface area contributed by atoms with Crippen molar-refractivity contribution < 1.29 is 14.4 Å². The number of carbonyl (C=O) groups excluding carboxylic acids is 3. The van der Waals surface area contributed by atoms with E-state index >= 15 is 0 Å². The molecule has 1 aromatic heterocycles. The first kappa shape index (κ1) is 20.4. The van der Waals surface area contributed by atoms with E-state index in [4.69, 9.17) is 11.6 Å². The first-order valence-corrected chi connectivity index (χ1v) is 9.67. The molecule has 26 heavy (non-hydrogen) atoms. The van der Waals surface area contributed by atoms with Gasteiger partial charge in [0.1, 0.15) is 0 Å². The molecule has 0 saturated heterocycles. The van der Waals surface area contributed by atoms with Crippen molar-refractivity contribution >= 4 is 56.6 Å². The number of benzene rings is 1. The van der Waals surface area contributed by atoms with Gasteiger partial charge in [-0.3, -0.25) is 14.4 Å². The van der Waals surface area contributed by atoms with Crippen LogP contribution in [0.3, 0.4) is 0 Å². The number of hydrogen-bond donors (Lipinski definition) is 2. The van der Waals surface area contributed by atoms with Gasteiger partial charge in [0.2, 0.25) is 5.91 Å². The Morgan fingerprint density at radius 1 is 1.12 bits per heavy atom. The van der Waals surface area contributed by atoms with Crippen LogP contribution in [0.5, 0.6) is 0 Å². The van der Waals surface area contributed by atoms with Crippen molar-refractivity contribution in [3.63, 3.8) is 0 Å². The van der Waals surface area contributed by atoms with Gasteiger partial charge in [-0.15, -0.1) is 11.3 Å². The summed E-state index contributed by atoms with van der Waals surface area (Å²) in [5.41, 5.74) is 0.382. The zero-order valence-corrected chi connectivity index (χ0v) is 17.1. The standard InChI is InChI=1S/C17H17BrClN3O3S/c1-22(17(25)13-6-7-14(18)26-13)10-15(23)20-8-9-21-16(24)11-4-2-3-5-12(11)19/h2-7H,8-10H2,1H3,(H,20,23)(H,21,24). The average Bonchev–Trinajstić information content (AvgIpc) is 3.04. The molecule has 0 spiro atoms. The van der Waals surface area contributed by atoms with Gasteiger partial charge in [0.25, 0.3) is 11.8 Å². The molecule has 0 aliphatic rings. The fourth-order valence-electron chi connectivity index (χ4n) is 2.08. The van der Waals surface area contributed by atoms with Crippen LogP contribution in [0, 0.1) is 0 Å². The van der Waals surface area contributed by atoms with Gasteiger partial charge < -0.3 is 15.5 Å². The van der Waals surface area contributed by atoms with Crippen LogP contribution in [0.2, 0.25) is 5.02 Å². The number of thiophene rings is 1. The summed E-state index contributed by atoms with van der Waals surface area (Å²) in [7, 11) is 1.56. The first-order chi connectivity index (χ1) is 12.4. The maximum Gasteiger partial charge on any atom is 0.264 e. The van der Waals surface area contributed by atoms with E-state index < -0.39 is 0 Å². The Labute approximate surface area is 168 Å². The number of carbonyl (C=O) groups is 3. The van der Waals surface area contributed by atoms with Gasteiger partial charge in [0.05, 0.1) is 25.8 Å². The summed E-state index contributed by atoms with van der Waals surface area (Å²) >= 11 is 10.6. The van der Waals surface area contributed by atoms with Crippen LogP contribution in [0.4, 0.5) is 0 Å². The van der Waals surface area contributed by atoms with Gasteiger partial charge in [0.15, 0.2) is 0 Å². The highest BCUT2D eigenvalue weighted by Crippen LogP contribution is 2.22. The fourth-order valence-corrected chi connectivity index (χ4v) is 3.68. The molecule has 2 aromatic rings. The Kier molecular flexibility index (Phi) is 7.62. The first-order valence-electron chi connectivity index (χ1n) is 7.68. The van der Waals surface area contributed by atoms with Crippen molar-refractivity contribution in [2.45, 2.75) is 0 Å². The third-order valence-corrected chi connectivity index (χ3v) is 5.30. The van der Waals surface area contributed by atoms with Crippen LogP contribution in [0.1, 0.15) is 20.0 Å². The summed E-state index contributed by atoms with van der Waals surface area (Å²) in [5, 5.41) is 5.71. The van der Waals surface area contributed by atoms with Crippen molar-refractivity contribution in [3.05, 3.63) is 55.6 Å². The zero-order valence-electron chi connectivity index (χ0n) is 13.9. The summed E-state index contributed by atoms with van der Waals surface area (Å²) in [6.07, 6.45) is 0. The lowest BCUT2D eigenvalue weighted by Crippen LogP contribution is -2.41. The van der Waals surface area contributed by atoms with E-state index in [1.165, 1.54) is 16.2 Å². The van der Waals surface area contributed by atoms with Crippen molar-refractivity contribution in [2.75, 3.05) is 26.7 Å². The summed E-state index contributed by atoms with van der Waals surface area (Å²) in [4.78, 5) is 38.0.